The molecule has 0 aliphatic carbocycles. The molecule has 22 heavy (non-hydrogen) atoms. The number of ether oxygens (including phenoxy) is 1. The molecular formula is C18H30BrO2P. The normalized spacial score (nSPS) is 14.2. The summed E-state index contributed by atoms with van der Waals surface area (Å²) in [6.07, 6.45) is 2.97. The van der Waals surface area contributed by atoms with E-state index < -0.39 is 10.7 Å². The van der Waals surface area contributed by atoms with Crippen LogP contribution in [0.5, 0.6) is 0 Å². The zero-order valence-electron chi connectivity index (χ0n) is 14.8. The summed E-state index contributed by atoms with van der Waals surface area (Å²) in [7, 11) is 0. The van der Waals surface area contributed by atoms with Gasteiger partial charge in [0.1, 0.15) is 0 Å². The summed E-state index contributed by atoms with van der Waals surface area (Å²) in [5, 5.41) is -0.487. The second-order valence-electron chi connectivity index (χ2n) is 8.08. The Morgan fingerprint density at radius 1 is 1.14 bits per heavy atom. The van der Waals surface area contributed by atoms with Gasteiger partial charge in [-0.1, -0.05) is 0 Å². The summed E-state index contributed by atoms with van der Waals surface area (Å²) >= 11 is 3.97. The van der Waals surface area contributed by atoms with Gasteiger partial charge in [-0.2, -0.15) is 0 Å². The summed E-state index contributed by atoms with van der Waals surface area (Å²) in [6, 6.07) is 8.67. The number of benzene rings is 1. The van der Waals surface area contributed by atoms with Crippen LogP contribution in [-0.4, -0.2) is 32.6 Å². The number of halogens is 1. The van der Waals surface area contributed by atoms with Gasteiger partial charge < -0.3 is 0 Å². The van der Waals surface area contributed by atoms with Crippen molar-refractivity contribution in [3.05, 3.63) is 29.8 Å². The fourth-order valence-corrected chi connectivity index (χ4v) is 5.04. The van der Waals surface area contributed by atoms with Crippen molar-refractivity contribution in [2.75, 3.05) is 26.6 Å². The molecule has 126 valence electrons. The Bertz CT molecular complexity index is 515. The third-order valence-electron chi connectivity index (χ3n) is 3.49. The summed E-state index contributed by atoms with van der Waals surface area (Å²) in [6.45, 7) is 13.1. The van der Waals surface area contributed by atoms with Gasteiger partial charge in [-0.25, -0.2) is 0 Å². The number of esters is 1. The molecule has 0 atom stereocenters. The zero-order chi connectivity index (χ0) is 17.0. The molecule has 0 saturated carbocycles. The predicted molar refractivity (Wildman–Crippen MR) is 103 cm³/mol. The van der Waals surface area contributed by atoms with Crippen LogP contribution in [0.4, 0.5) is 0 Å². The molecule has 0 saturated heterocycles. The van der Waals surface area contributed by atoms with Crippen molar-refractivity contribution in [1.82, 2.24) is 0 Å². The average molecular weight is 389 g/mol. The first-order valence-corrected chi connectivity index (χ1v) is 13.5. The molecule has 0 spiro atoms. The molecule has 1 aromatic rings. The van der Waals surface area contributed by atoms with E-state index in [4.69, 9.17) is 4.74 Å². The monoisotopic (exact) mass is 388 g/mol. The molecule has 1 aromatic carbocycles. The van der Waals surface area contributed by atoms with Crippen LogP contribution in [0.25, 0.3) is 0 Å². The quantitative estimate of drug-likeness (QED) is 0.390. The molecule has 0 N–H and O–H groups in total. The maximum atomic E-state index is 11.7. The number of unbranched alkanes of at least 4 members (excludes halogenated alkanes) is 1. The first-order valence-electron chi connectivity index (χ1n) is 7.86. The van der Waals surface area contributed by atoms with E-state index in [9.17, 15) is 4.79 Å². The maximum absolute atomic E-state index is 11.7. The van der Waals surface area contributed by atoms with E-state index in [2.05, 4.69) is 59.7 Å². The zero-order valence-corrected chi connectivity index (χ0v) is 17.3. The Morgan fingerprint density at radius 3 is 2.27 bits per heavy atom. The van der Waals surface area contributed by atoms with Crippen molar-refractivity contribution >= 4 is 32.1 Å². The number of hydrogen-bond acceptors (Lipinski definition) is 2. The van der Waals surface area contributed by atoms with E-state index in [0.29, 0.717) is 6.61 Å². The summed E-state index contributed by atoms with van der Waals surface area (Å²) in [5.41, 5.74) is 0.999. The molecule has 0 aliphatic rings. The Hall–Kier alpha value is -0.400. The fraction of sp³-hybridized carbons (Fsp3) is 0.611. The number of carbonyl (C=O) groups excluding carboxylic acids is 1. The minimum atomic E-state index is -1.93. The van der Waals surface area contributed by atoms with Crippen molar-refractivity contribution < 1.29 is 9.53 Å². The van der Waals surface area contributed by atoms with Gasteiger partial charge in [-0.3, -0.25) is 0 Å². The van der Waals surface area contributed by atoms with Crippen molar-refractivity contribution in [3.63, 3.8) is 0 Å². The van der Waals surface area contributed by atoms with E-state index in [1.807, 2.05) is 20.8 Å². The molecule has 0 aromatic heterocycles. The van der Waals surface area contributed by atoms with E-state index in [0.717, 1.165) is 19.3 Å². The molecule has 0 unspecified atom stereocenters. The Labute approximate surface area is 143 Å². The van der Waals surface area contributed by atoms with Crippen LogP contribution in [0.1, 0.15) is 39.2 Å². The molecule has 0 amide bonds. The van der Waals surface area contributed by atoms with Crippen molar-refractivity contribution in [2.45, 2.75) is 40.0 Å². The molecule has 1 rings (SSSR count). The second-order valence-corrected chi connectivity index (χ2v) is 21.2. The average Bonchev–Trinajstić information content (AvgIpc) is 2.35. The number of hydrogen-bond donors (Lipinski definition) is 0. The predicted octanol–water partition coefficient (Wildman–Crippen LogP) is 4.98. The van der Waals surface area contributed by atoms with Crippen molar-refractivity contribution in [2.24, 2.45) is 5.41 Å². The third kappa shape index (κ3) is 6.38. The van der Waals surface area contributed by atoms with Crippen molar-refractivity contribution in [1.29, 1.82) is 0 Å². The minimum absolute atomic E-state index is 0.117. The summed E-state index contributed by atoms with van der Waals surface area (Å²) < 4.78 is 5.32. The van der Waals surface area contributed by atoms with Gasteiger partial charge in [0.25, 0.3) is 0 Å². The van der Waals surface area contributed by atoms with Gasteiger partial charge in [0.05, 0.1) is 0 Å². The number of aryl methyl sites for hydroxylation is 1. The van der Waals surface area contributed by atoms with Crippen LogP contribution < -0.4 is 5.30 Å². The van der Waals surface area contributed by atoms with E-state index in [1.54, 1.807) is 0 Å². The van der Waals surface area contributed by atoms with Crippen molar-refractivity contribution in [3.8, 4) is 0 Å². The summed E-state index contributed by atoms with van der Waals surface area (Å²) in [4.78, 5) is 11.7. The topological polar surface area (TPSA) is 26.3 Å². The van der Waals surface area contributed by atoms with Gasteiger partial charge in [-0.05, 0) is 0 Å². The first kappa shape index (κ1) is 19.6. The van der Waals surface area contributed by atoms with Gasteiger partial charge >= 0.3 is 143 Å². The van der Waals surface area contributed by atoms with Crippen LogP contribution >= 0.6 is 20.8 Å². The van der Waals surface area contributed by atoms with Gasteiger partial charge in [-0.15, -0.1) is 0 Å². The molecule has 0 aliphatic heterocycles. The molecule has 0 fully saturated rings. The molecule has 0 radical (unpaired) electrons. The van der Waals surface area contributed by atoms with Crippen LogP contribution in [0, 0.1) is 5.41 Å². The molecule has 4 heteroatoms. The first-order chi connectivity index (χ1) is 9.88. The van der Waals surface area contributed by atoms with E-state index >= 15 is 0 Å². The third-order valence-corrected chi connectivity index (χ3v) is 6.70. The summed E-state index contributed by atoms with van der Waals surface area (Å²) in [5.74, 6) is -0.117. The second kappa shape index (κ2) is 7.01. The number of carbonyl (C=O) groups is 1. The standard InChI is InChI=1S/C18H30BrO2P/c1-18(2,3)17(20)21-14-10-9-12-15-11-7-8-13-16(15)22(4,5,6)19/h7-8,11,13H,9-10,12,14H2,1-6H3. The molecule has 0 bridgehead atoms. The Kier molecular flexibility index (Phi) is 6.26. The van der Waals surface area contributed by atoms with Crippen LogP contribution in [0.3, 0.4) is 0 Å². The SMILES string of the molecule is CC(C)(C)C(=O)OCCCCc1ccccc1P(C)(C)(C)Br. The molecular weight excluding hydrogens is 359 g/mol. The molecule has 2 nitrogen and oxygen atoms in total. The van der Waals surface area contributed by atoms with Crippen LogP contribution in [0.15, 0.2) is 24.3 Å². The molecule has 0 heterocycles. The fourth-order valence-electron chi connectivity index (χ4n) is 2.26. The van der Waals surface area contributed by atoms with E-state index in [1.165, 1.54) is 10.9 Å². The van der Waals surface area contributed by atoms with Crippen LogP contribution in [-0.2, 0) is 16.0 Å². The van der Waals surface area contributed by atoms with Gasteiger partial charge in [0, 0.05) is 0 Å². The van der Waals surface area contributed by atoms with E-state index in [-0.39, 0.29) is 5.97 Å². The number of rotatable bonds is 6. The Morgan fingerprint density at radius 2 is 1.73 bits per heavy atom. The Balaban J connectivity index is 2.52. The van der Waals surface area contributed by atoms with Gasteiger partial charge in [0.15, 0.2) is 0 Å². The van der Waals surface area contributed by atoms with Gasteiger partial charge in [0.2, 0.25) is 0 Å². The van der Waals surface area contributed by atoms with Crippen LogP contribution in [0.2, 0.25) is 0 Å².